The van der Waals surface area contributed by atoms with Gasteiger partial charge in [-0.25, -0.2) is 4.98 Å². The highest BCUT2D eigenvalue weighted by molar-refractivity contribution is 7.14. The summed E-state index contributed by atoms with van der Waals surface area (Å²) in [6.07, 6.45) is 6.43. The summed E-state index contributed by atoms with van der Waals surface area (Å²) in [5, 5.41) is 8.44. The first-order valence-corrected chi connectivity index (χ1v) is 47.7. The van der Waals surface area contributed by atoms with Crippen molar-refractivity contribution in [2.75, 3.05) is 110 Å². The Morgan fingerprint density at radius 2 is 0.543 bits per heavy atom. The molecule has 20 aromatic rings. The van der Waals surface area contributed by atoms with E-state index >= 15 is 0 Å². The molecule has 0 atom stereocenters. The van der Waals surface area contributed by atoms with Crippen LogP contribution in [0.15, 0.2) is 473 Å². The average molecular weight is 1810 g/mol. The first-order chi connectivity index (χ1) is 67.9. The minimum atomic E-state index is 0.936. The standard InChI is InChI=1S/C25H19N.C23H18N2.C21H21N3.C21H17N.C18H15N3.C17H14N2S/c1-26-24-12-6-4-10-21(24)23(22-11-5-7-13-25(22)26)17-18-14-15-19-8-2-3-9-20(19)16-18;1-24-20-12-4-6-14-22(20)25(23-15-7-5-13-21(23)24)19-16-8-10-17-9-2-3-11-18(17)19;1-22(2)16-12-14-17(15-13-16)24-20-10-6-4-8-18(20)23(3)19-9-5-7-11-21(19)24;1-22-20-13-7-5-11-17(20)19(15-16-9-3-2-4-10-16)18-12-6-8-14-21(18)22;1-20-14-8-2-4-10-16(14)21(18-12-6-7-13-19-18)17-11-5-3-9-15(17)20;1-18-13-7-2-4-9-15(13)19(17-11-6-12-20-17)16-10-5-3-8-14(16)18/h2-17H,1H3;2-16H,1H3;4-15H,1-3H3;2-15H,1H3;2-13H,1H3;2-12H,1H3. The van der Waals surface area contributed by atoms with Gasteiger partial charge in [0.25, 0.3) is 0 Å². The Labute approximate surface area is 813 Å². The minimum absolute atomic E-state index is 0.936. The Morgan fingerprint density at radius 3 is 0.942 bits per heavy atom. The summed E-state index contributed by atoms with van der Waals surface area (Å²) >= 11 is 1.77. The smallest absolute Gasteiger partial charge is 0.137 e. The molecule has 0 aliphatic carbocycles. The van der Waals surface area contributed by atoms with Crippen LogP contribution in [0.25, 0.3) is 44.8 Å². The number of aromatic nitrogens is 1. The molecule has 0 amide bonds. The quantitative estimate of drug-likeness (QED) is 0.153. The van der Waals surface area contributed by atoms with Crippen LogP contribution in [0.2, 0.25) is 0 Å². The van der Waals surface area contributed by atoms with Crippen LogP contribution in [-0.4, -0.2) is 61.4 Å². The molecular formula is C125H104N12S. The van der Waals surface area contributed by atoms with E-state index in [4.69, 9.17) is 0 Å². The van der Waals surface area contributed by atoms with Gasteiger partial charge in [0.15, 0.2) is 0 Å². The van der Waals surface area contributed by atoms with Crippen molar-refractivity contribution < 1.29 is 0 Å². The van der Waals surface area contributed by atoms with E-state index in [1.807, 2.05) is 24.4 Å². The van der Waals surface area contributed by atoms with Crippen molar-refractivity contribution in [3.05, 3.63) is 506 Å². The summed E-state index contributed by atoms with van der Waals surface area (Å²) in [6, 6.07) is 162. The van der Waals surface area contributed by atoms with Crippen molar-refractivity contribution in [2.45, 2.75) is 0 Å². The van der Waals surface area contributed by atoms with E-state index in [1.165, 1.54) is 191 Å². The fraction of sp³-hybridized carbons (Fsp3) is 0.0640. The van der Waals surface area contributed by atoms with Gasteiger partial charge in [-0.2, -0.15) is 0 Å². The summed E-state index contributed by atoms with van der Waals surface area (Å²) in [6.45, 7) is 0. The predicted molar refractivity (Wildman–Crippen MR) is 590 cm³/mol. The Morgan fingerprint density at radius 1 is 0.225 bits per heavy atom. The van der Waals surface area contributed by atoms with Crippen LogP contribution < -0.4 is 53.9 Å². The number of pyridine rings is 1. The second-order valence-corrected chi connectivity index (χ2v) is 35.8. The number of para-hydroxylation sites is 20. The van der Waals surface area contributed by atoms with Crippen LogP contribution in [0.1, 0.15) is 33.4 Å². The monoisotopic (exact) mass is 1800 g/mol. The van der Waals surface area contributed by atoms with E-state index < -0.39 is 0 Å². The fourth-order valence-corrected chi connectivity index (χ4v) is 20.5. The highest BCUT2D eigenvalue weighted by Crippen LogP contribution is 2.57. The molecule has 18 aromatic carbocycles. The van der Waals surface area contributed by atoms with Gasteiger partial charge >= 0.3 is 0 Å². The maximum Gasteiger partial charge on any atom is 0.137 e. The number of hydrogen-bond acceptors (Lipinski definition) is 13. The molecule has 0 bridgehead atoms. The number of thiophene rings is 1. The summed E-state index contributed by atoms with van der Waals surface area (Å²) in [4.78, 5) is 29.5. The molecule has 13 heteroatoms. The third-order valence-corrected chi connectivity index (χ3v) is 27.4. The fourth-order valence-electron chi connectivity index (χ4n) is 19.8. The molecule has 6 aliphatic heterocycles. The number of nitrogens with zero attached hydrogens (tertiary/aromatic N) is 12. The largest absolute Gasteiger partial charge is 0.378 e. The number of anilines is 25. The number of hydrogen-bond donors (Lipinski definition) is 0. The predicted octanol–water partition coefficient (Wildman–Crippen LogP) is 33.5. The van der Waals surface area contributed by atoms with Gasteiger partial charge in [-0.15, -0.1) is 11.3 Å². The summed E-state index contributed by atoms with van der Waals surface area (Å²) < 4.78 is 0. The van der Waals surface area contributed by atoms with Gasteiger partial charge in [0.1, 0.15) is 10.8 Å². The van der Waals surface area contributed by atoms with Gasteiger partial charge in [0.2, 0.25) is 0 Å². The Kier molecular flexibility index (Phi) is 24.5. The number of benzene rings is 18. The maximum atomic E-state index is 4.53. The van der Waals surface area contributed by atoms with Crippen molar-refractivity contribution in [1.82, 2.24) is 4.98 Å². The van der Waals surface area contributed by atoms with Gasteiger partial charge in [-0.1, -0.05) is 279 Å². The molecule has 26 rings (SSSR count). The van der Waals surface area contributed by atoms with Crippen LogP contribution in [0.5, 0.6) is 0 Å². The van der Waals surface area contributed by atoms with E-state index in [0.29, 0.717) is 0 Å². The topological polar surface area (TPSA) is 48.5 Å². The third kappa shape index (κ3) is 16.8. The zero-order valence-corrected chi connectivity index (χ0v) is 79.3. The molecule has 12 nitrogen and oxygen atoms in total. The molecule has 0 N–H and O–H groups in total. The van der Waals surface area contributed by atoms with Crippen molar-refractivity contribution in [3.8, 4) is 0 Å². The zero-order valence-electron chi connectivity index (χ0n) is 78.5. The molecule has 0 fully saturated rings. The normalized spacial score (nSPS) is 12.8. The molecule has 0 unspecified atom stereocenters. The van der Waals surface area contributed by atoms with Gasteiger partial charge < -0.3 is 44.1 Å². The molecule has 0 radical (unpaired) electrons. The molecule has 2 aromatic heterocycles. The van der Waals surface area contributed by atoms with Crippen LogP contribution in [0.3, 0.4) is 0 Å². The summed E-state index contributed by atoms with van der Waals surface area (Å²) in [7, 11) is 16.9. The molecule has 670 valence electrons. The lowest BCUT2D eigenvalue weighted by Gasteiger charge is -2.39. The SMILES string of the molecule is CN(C)c1ccc(N2c3ccccc3N(C)c3ccccc32)cc1.CN1c2ccccc2C(=Cc2ccc3ccccc3c2)c2ccccc21.CN1c2ccccc2C(=Cc2ccccc2)c2ccccc21.CN1c2ccccc2N(c2cccc3ccccc23)c2ccccc21.CN1c2ccccc2N(c2ccccn2)c2ccccc21.CN1c2ccccc2N(c2cccs2)c2ccccc21. The Balaban J connectivity index is 0.0000000989. The first kappa shape index (κ1) is 87.3. The van der Waals surface area contributed by atoms with E-state index in [-0.39, 0.29) is 0 Å². The lowest BCUT2D eigenvalue weighted by Crippen LogP contribution is -2.24. The van der Waals surface area contributed by atoms with Gasteiger partial charge in [0, 0.05) is 124 Å². The van der Waals surface area contributed by atoms with Crippen molar-refractivity contribution in [1.29, 1.82) is 0 Å². The first-order valence-electron chi connectivity index (χ1n) is 46.8. The van der Waals surface area contributed by atoms with Gasteiger partial charge in [-0.05, 0) is 238 Å². The summed E-state index contributed by atoms with van der Waals surface area (Å²) in [5.74, 6) is 0.936. The Bertz CT molecular complexity index is 7580. The molecule has 138 heavy (non-hydrogen) atoms. The zero-order chi connectivity index (χ0) is 93.7. The molecule has 0 spiro atoms. The lowest BCUT2D eigenvalue weighted by molar-refractivity contribution is 1.10. The van der Waals surface area contributed by atoms with Crippen molar-refractivity contribution >= 4 is 198 Å². The third-order valence-electron chi connectivity index (χ3n) is 26.5. The van der Waals surface area contributed by atoms with Gasteiger partial charge in [-0.3, -0.25) is 9.80 Å². The van der Waals surface area contributed by atoms with E-state index in [9.17, 15) is 0 Å². The second-order valence-electron chi connectivity index (χ2n) is 34.9. The molecule has 0 saturated carbocycles. The van der Waals surface area contributed by atoms with E-state index in [2.05, 4.69) is 576 Å². The number of fused-ring (bicyclic) bond motifs is 14. The van der Waals surface area contributed by atoms with Crippen LogP contribution in [-0.2, 0) is 0 Å². The van der Waals surface area contributed by atoms with E-state index in [1.54, 1.807) is 11.3 Å². The number of rotatable bonds is 7. The Hall–Kier alpha value is -17.4. The second kappa shape index (κ2) is 38.7. The molecule has 6 aliphatic rings. The van der Waals surface area contributed by atoms with Crippen LogP contribution >= 0.6 is 11.3 Å². The lowest BCUT2D eigenvalue weighted by atomic mass is 9.89. The molecular weight excluding hydrogens is 1700 g/mol. The minimum Gasteiger partial charge on any atom is -0.378 e. The van der Waals surface area contributed by atoms with Crippen molar-refractivity contribution in [2.24, 2.45) is 0 Å². The van der Waals surface area contributed by atoms with Gasteiger partial charge in [0.05, 0.1) is 96.7 Å². The van der Waals surface area contributed by atoms with E-state index in [0.717, 1.165) is 17.2 Å². The highest BCUT2D eigenvalue weighted by atomic mass is 32.1. The molecule has 0 saturated heterocycles. The maximum absolute atomic E-state index is 4.53. The van der Waals surface area contributed by atoms with Crippen LogP contribution in [0, 0.1) is 0 Å². The average Bonchev–Trinajstić information content (AvgIpc) is 1.74. The highest BCUT2D eigenvalue weighted by Gasteiger charge is 2.34. The van der Waals surface area contributed by atoms with Crippen LogP contribution in [0.4, 0.5) is 142 Å². The summed E-state index contributed by atoms with van der Waals surface area (Å²) in [5.41, 5.74) is 38.0. The van der Waals surface area contributed by atoms with Crippen molar-refractivity contribution in [3.63, 3.8) is 0 Å². The molecule has 8 heterocycles.